The van der Waals surface area contributed by atoms with Crippen LogP contribution in [0.4, 0.5) is 0 Å². The van der Waals surface area contributed by atoms with E-state index in [2.05, 4.69) is 157 Å². The van der Waals surface area contributed by atoms with Crippen molar-refractivity contribution in [3.63, 3.8) is 0 Å². The van der Waals surface area contributed by atoms with Crippen molar-refractivity contribution in [2.75, 3.05) is 0 Å². The molecular formula is C41H44Cl2Zr-2. The van der Waals surface area contributed by atoms with Crippen LogP contribution >= 0.6 is 0 Å². The van der Waals surface area contributed by atoms with E-state index in [1.807, 2.05) is 12.2 Å². The fourth-order valence-electron chi connectivity index (χ4n) is 5.04. The quantitative estimate of drug-likeness (QED) is 0.237. The second kappa shape index (κ2) is 17.3. The van der Waals surface area contributed by atoms with Crippen LogP contribution in [0, 0.1) is 6.08 Å². The van der Waals surface area contributed by atoms with Crippen molar-refractivity contribution in [2.24, 2.45) is 0 Å². The van der Waals surface area contributed by atoms with Gasteiger partial charge in [-0.1, -0.05) is 76.9 Å². The van der Waals surface area contributed by atoms with Gasteiger partial charge in [-0.15, -0.1) is 46.2 Å². The van der Waals surface area contributed by atoms with Crippen molar-refractivity contribution < 1.29 is 49.0 Å². The second-order valence-electron chi connectivity index (χ2n) is 13.2. The summed E-state index contributed by atoms with van der Waals surface area (Å²) in [4.78, 5) is 0. The summed E-state index contributed by atoms with van der Waals surface area (Å²) in [5, 5.41) is 5.48. The molecule has 0 aromatic heterocycles. The Morgan fingerprint density at radius 3 is 1.41 bits per heavy atom. The number of fused-ring (bicyclic) bond motifs is 3. The predicted octanol–water partition coefficient (Wildman–Crippen LogP) is 4.81. The van der Waals surface area contributed by atoms with Crippen molar-refractivity contribution in [1.29, 1.82) is 0 Å². The third-order valence-electron chi connectivity index (χ3n) is 7.54. The van der Waals surface area contributed by atoms with Gasteiger partial charge in [-0.3, -0.25) is 6.08 Å². The van der Waals surface area contributed by atoms with Crippen LogP contribution in [-0.2, 0) is 47.9 Å². The topological polar surface area (TPSA) is 0 Å². The molecule has 1 aliphatic rings. The summed E-state index contributed by atoms with van der Waals surface area (Å²) in [5.41, 5.74) is 6.06. The van der Waals surface area contributed by atoms with Crippen LogP contribution in [0.5, 0.6) is 0 Å². The van der Waals surface area contributed by atoms with Crippen LogP contribution in [-0.4, -0.2) is 3.21 Å². The van der Waals surface area contributed by atoms with Gasteiger partial charge in [-0.2, -0.15) is 6.08 Å². The van der Waals surface area contributed by atoms with E-state index in [-0.39, 0.29) is 35.6 Å². The molecule has 0 N–H and O–H groups in total. The number of rotatable bonds is 4. The summed E-state index contributed by atoms with van der Waals surface area (Å²) in [6.45, 7) is 13.6. The molecule has 0 fully saturated rings. The van der Waals surface area contributed by atoms with E-state index < -0.39 is 0 Å². The van der Waals surface area contributed by atoms with Crippen molar-refractivity contribution in [3.05, 3.63) is 150 Å². The van der Waals surface area contributed by atoms with Crippen LogP contribution in [0.25, 0.3) is 21.5 Å². The molecule has 0 saturated heterocycles. The standard InChI is InChI=1S/C21H25.C15H14.C5H5.2ClH.Zr/c1-20(2,3)16-7-9-18-14(12-16)11-15-13-17(21(4,5)6)8-10-19(15)18;1-3-8-14(9-4-1)12-7-13-15-10-5-2-6-11-15;1-2-4-5-3-1;;;/h7-13H,1-6H3;1-6,8-11H,12-13H2;1-3H,4H2;2*1H;/q-1;;-1;;;+2/p-2. The molecule has 0 aliphatic heterocycles. The van der Waals surface area contributed by atoms with Crippen molar-refractivity contribution in [2.45, 2.75) is 71.6 Å². The Morgan fingerprint density at radius 2 is 1.09 bits per heavy atom. The molecule has 0 heterocycles. The molecule has 0 radical (unpaired) electrons. The fraction of sp³-hybridized carbons (Fsp3) is 0.268. The fourth-order valence-corrected chi connectivity index (χ4v) is 6.05. The van der Waals surface area contributed by atoms with Crippen LogP contribution in [0.15, 0.2) is 121 Å². The normalized spacial score (nSPS) is 12.0. The minimum absolute atomic E-state index is 0. The van der Waals surface area contributed by atoms with Gasteiger partial charge in [-0.05, 0) is 10.8 Å². The van der Waals surface area contributed by atoms with Gasteiger partial charge >= 0.3 is 112 Å². The molecule has 0 saturated carbocycles. The average Bonchev–Trinajstić information content (AvgIpc) is 3.65. The summed E-state index contributed by atoms with van der Waals surface area (Å²) in [7, 11) is 0. The molecule has 228 valence electrons. The Hall–Kier alpha value is -2.44. The molecular weight excluding hydrogens is 655 g/mol. The zero-order chi connectivity index (χ0) is 30.2. The number of hydrogen-bond donors (Lipinski definition) is 0. The van der Waals surface area contributed by atoms with Gasteiger partial charge in [-0.25, -0.2) is 12.2 Å². The Morgan fingerprint density at radius 1 is 0.659 bits per heavy atom. The van der Waals surface area contributed by atoms with Gasteiger partial charge in [0, 0.05) is 0 Å². The van der Waals surface area contributed by atoms with Crippen molar-refractivity contribution >= 4 is 24.8 Å². The SMILES string of the molecule is CC(C)(C)c1ccc2c(c1)[cH-]c1cc(C(C)(C)C)ccc12.[C-]1=CC=CC1.[Cl-].[Cl-].[Zr+2]=[C](Cc1ccccc1)Cc1ccccc1. The van der Waals surface area contributed by atoms with E-state index in [1.165, 1.54) is 43.8 Å². The van der Waals surface area contributed by atoms with Crippen LogP contribution in [0.2, 0.25) is 0 Å². The maximum atomic E-state index is 2.99. The Balaban J connectivity index is 0.000000260. The van der Waals surface area contributed by atoms with Crippen LogP contribution < -0.4 is 24.8 Å². The molecule has 0 spiro atoms. The Kier molecular flexibility index (Phi) is 14.9. The Labute approximate surface area is 293 Å². The molecule has 0 atom stereocenters. The van der Waals surface area contributed by atoms with E-state index in [0.717, 1.165) is 19.3 Å². The zero-order valence-corrected chi connectivity index (χ0v) is 30.9. The first-order chi connectivity index (χ1) is 20.0. The zero-order valence-electron chi connectivity index (χ0n) is 26.9. The predicted molar refractivity (Wildman–Crippen MR) is 181 cm³/mol. The summed E-state index contributed by atoms with van der Waals surface area (Å²) in [5.74, 6) is 0. The molecule has 3 heteroatoms. The summed E-state index contributed by atoms with van der Waals surface area (Å²) in [6, 6.07) is 37.6. The number of allylic oxidation sites excluding steroid dienone is 4. The summed E-state index contributed by atoms with van der Waals surface area (Å²) in [6.07, 6.45) is 12.2. The van der Waals surface area contributed by atoms with Gasteiger partial charge in [0.2, 0.25) is 0 Å². The molecule has 5 aromatic carbocycles. The molecule has 0 bridgehead atoms. The third-order valence-corrected chi connectivity index (χ3v) is 8.41. The number of hydrogen-bond acceptors (Lipinski definition) is 0. The van der Waals surface area contributed by atoms with Gasteiger partial charge in [0.1, 0.15) is 0 Å². The molecule has 5 aromatic rings. The van der Waals surface area contributed by atoms with Crippen LogP contribution in [0.3, 0.4) is 0 Å². The molecule has 0 nitrogen and oxygen atoms in total. The third kappa shape index (κ3) is 11.2. The first kappa shape index (κ1) is 37.7. The number of benzene rings is 4. The maximum absolute atomic E-state index is 2.99. The van der Waals surface area contributed by atoms with Gasteiger partial charge < -0.3 is 24.8 Å². The molecule has 0 unspecified atom stereocenters. The molecule has 6 rings (SSSR count). The monoisotopic (exact) mass is 696 g/mol. The molecule has 0 amide bonds. The van der Waals surface area contributed by atoms with E-state index in [0.29, 0.717) is 0 Å². The molecule has 1 aliphatic carbocycles. The first-order valence-electron chi connectivity index (χ1n) is 15.0. The molecule has 44 heavy (non-hydrogen) atoms. The van der Waals surface area contributed by atoms with Gasteiger partial charge in [0.05, 0.1) is 0 Å². The number of halogens is 2. The van der Waals surface area contributed by atoms with E-state index in [1.54, 1.807) is 27.4 Å². The minimum atomic E-state index is 0. The summed E-state index contributed by atoms with van der Waals surface area (Å²) < 4.78 is 1.60. The Bertz CT molecular complexity index is 1540. The average molecular weight is 699 g/mol. The van der Waals surface area contributed by atoms with Gasteiger partial charge in [0.25, 0.3) is 0 Å². The van der Waals surface area contributed by atoms with Crippen molar-refractivity contribution in [3.8, 4) is 0 Å². The first-order valence-corrected chi connectivity index (χ1v) is 16.2. The summed E-state index contributed by atoms with van der Waals surface area (Å²) >= 11 is 1.55. The van der Waals surface area contributed by atoms with E-state index in [9.17, 15) is 0 Å². The van der Waals surface area contributed by atoms with Gasteiger partial charge in [0.15, 0.2) is 0 Å². The van der Waals surface area contributed by atoms with Crippen molar-refractivity contribution in [1.82, 2.24) is 0 Å². The van der Waals surface area contributed by atoms with E-state index >= 15 is 0 Å². The second-order valence-corrected chi connectivity index (χ2v) is 14.9. The van der Waals surface area contributed by atoms with E-state index in [4.69, 9.17) is 0 Å². The van der Waals surface area contributed by atoms with Crippen LogP contribution in [0.1, 0.15) is 70.2 Å².